The first kappa shape index (κ1) is 45.8. The van der Waals surface area contributed by atoms with Crippen molar-refractivity contribution in [2.75, 3.05) is 0 Å². The standard InChI is InChI=1S/C38H45N.C8H10.C7H8.C4H10/c1-9-16-25(3)30-24-37-32(22-31(30)29(10-2)28-18-12-11-13-19-28)33-23-35(27(5)21-36(33)39(37)8)38(6,7)34-20-15-14-17-26(34)4;1-7-5-3-4-6-8(7)2;1-7-5-3-2-4-6-7;1-3-4-2/h11-15,17-25,29H,9-10,16H2,1-8H3;3-6H,1-2H3;2-6H,1H3;3-4H2,1-2H3. The van der Waals surface area contributed by atoms with Crippen molar-refractivity contribution in [3.8, 4) is 0 Å². The maximum atomic E-state index is 2.56. The molecule has 1 aromatic heterocycles. The molecule has 306 valence electrons. The lowest BCUT2D eigenvalue weighted by Crippen LogP contribution is -2.21. The molecule has 0 bridgehead atoms. The Labute approximate surface area is 353 Å². The quantitative estimate of drug-likeness (QED) is 0.138. The van der Waals surface area contributed by atoms with Crippen LogP contribution in [-0.2, 0) is 12.5 Å². The Morgan fingerprint density at radius 1 is 0.500 bits per heavy atom. The van der Waals surface area contributed by atoms with Gasteiger partial charge in [-0.15, -0.1) is 0 Å². The zero-order chi connectivity index (χ0) is 42.4. The van der Waals surface area contributed by atoms with Gasteiger partial charge in [0.05, 0.1) is 0 Å². The van der Waals surface area contributed by atoms with Gasteiger partial charge in [-0.2, -0.15) is 0 Å². The average Bonchev–Trinajstić information content (AvgIpc) is 3.49. The molecule has 0 saturated heterocycles. The number of nitrogens with zero attached hydrogens (tertiary/aromatic N) is 1. The van der Waals surface area contributed by atoms with E-state index in [1.807, 2.05) is 18.2 Å². The van der Waals surface area contributed by atoms with Crippen molar-refractivity contribution in [2.24, 2.45) is 7.05 Å². The van der Waals surface area contributed by atoms with Gasteiger partial charge in [0.25, 0.3) is 0 Å². The Morgan fingerprint density at radius 3 is 1.48 bits per heavy atom. The first-order valence-corrected chi connectivity index (χ1v) is 22.0. The van der Waals surface area contributed by atoms with E-state index in [1.54, 1.807) is 0 Å². The third-order valence-electron chi connectivity index (χ3n) is 12.2. The smallest absolute Gasteiger partial charge is 0.0491 e. The SMILES string of the molecule is CCCC.CCCC(C)c1cc2c(cc1C(CC)c1ccccc1)c1cc(C(C)(C)c3ccccc3C)c(C)cc1n2C.Cc1ccccc1.Cc1ccccc1C. The highest BCUT2D eigenvalue weighted by Gasteiger charge is 2.28. The number of benzene rings is 6. The molecule has 2 atom stereocenters. The van der Waals surface area contributed by atoms with Crippen molar-refractivity contribution < 1.29 is 0 Å². The molecule has 2 unspecified atom stereocenters. The van der Waals surface area contributed by atoms with E-state index in [9.17, 15) is 0 Å². The van der Waals surface area contributed by atoms with Crippen LogP contribution in [0.1, 0.15) is 148 Å². The number of fused-ring (bicyclic) bond motifs is 3. The highest BCUT2D eigenvalue weighted by molar-refractivity contribution is 6.09. The molecular weight excluding hydrogens is 699 g/mol. The van der Waals surface area contributed by atoms with Crippen LogP contribution in [0.3, 0.4) is 0 Å². The van der Waals surface area contributed by atoms with Crippen LogP contribution in [0.4, 0.5) is 0 Å². The minimum Gasteiger partial charge on any atom is -0.344 e. The van der Waals surface area contributed by atoms with E-state index in [-0.39, 0.29) is 5.41 Å². The van der Waals surface area contributed by atoms with Crippen LogP contribution >= 0.6 is 0 Å². The number of hydrogen-bond donors (Lipinski definition) is 0. The van der Waals surface area contributed by atoms with Crippen LogP contribution in [0.2, 0.25) is 0 Å². The molecule has 7 rings (SSSR count). The Bertz CT molecular complexity index is 2280. The van der Waals surface area contributed by atoms with Crippen molar-refractivity contribution in [2.45, 2.75) is 132 Å². The van der Waals surface area contributed by atoms with Crippen molar-refractivity contribution >= 4 is 21.8 Å². The van der Waals surface area contributed by atoms with Crippen molar-refractivity contribution in [1.29, 1.82) is 0 Å². The molecule has 0 aliphatic rings. The van der Waals surface area contributed by atoms with Crippen LogP contribution in [0.15, 0.2) is 133 Å². The minimum absolute atomic E-state index is 0.0832. The summed E-state index contributed by atoms with van der Waals surface area (Å²) in [4.78, 5) is 0. The summed E-state index contributed by atoms with van der Waals surface area (Å²) in [5, 5.41) is 2.75. The minimum atomic E-state index is -0.0832. The summed E-state index contributed by atoms with van der Waals surface area (Å²) in [5.41, 5.74) is 16.6. The second kappa shape index (κ2) is 21.8. The monoisotopic (exact) mass is 772 g/mol. The van der Waals surface area contributed by atoms with Gasteiger partial charge in [-0.3, -0.25) is 0 Å². The van der Waals surface area contributed by atoms with E-state index < -0.39 is 0 Å². The summed E-state index contributed by atoms with van der Waals surface area (Å²) in [5.74, 6) is 0.927. The van der Waals surface area contributed by atoms with Crippen molar-refractivity contribution in [3.05, 3.63) is 189 Å². The van der Waals surface area contributed by atoms with Gasteiger partial charge in [0.1, 0.15) is 0 Å². The van der Waals surface area contributed by atoms with Gasteiger partial charge in [-0.05, 0) is 128 Å². The van der Waals surface area contributed by atoms with Crippen LogP contribution in [0, 0.1) is 34.6 Å². The number of rotatable bonds is 9. The summed E-state index contributed by atoms with van der Waals surface area (Å²) < 4.78 is 2.43. The topological polar surface area (TPSA) is 4.93 Å². The molecule has 6 aromatic carbocycles. The Balaban J connectivity index is 0.000000319. The molecule has 0 spiro atoms. The normalized spacial score (nSPS) is 12.1. The molecule has 7 aromatic rings. The molecule has 0 aliphatic carbocycles. The highest BCUT2D eigenvalue weighted by atomic mass is 14.9. The summed E-state index contributed by atoms with van der Waals surface area (Å²) >= 11 is 0. The van der Waals surface area contributed by atoms with E-state index in [4.69, 9.17) is 0 Å². The number of hydrogen-bond acceptors (Lipinski definition) is 0. The van der Waals surface area contributed by atoms with Crippen LogP contribution in [-0.4, -0.2) is 4.57 Å². The molecule has 1 heteroatoms. The molecular formula is C57H73N. The predicted molar refractivity (Wildman–Crippen MR) is 258 cm³/mol. The first-order valence-electron chi connectivity index (χ1n) is 22.0. The maximum absolute atomic E-state index is 2.56. The highest BCUT2D eigenvalue weighted by Crippen LogP contribution is 2.43. The molecule has 1 heterocycles. The Kier molecular flexibility index (Phi) is 17.2. The lowest BCUT2D eigenvalue weighted by Gasteiger charge is -2.30. The zero-order valence-electron chi connectivity index (χ0n) is 38.3. The van der Waals surface area contributed by atoms with Crippen molar-refractivity contribution in [3.63, 3.8) is 0 Å². The van der Waals surface area contributed by atoms with Crippen LogP contribution in [0.25, 0.3) is 21.8 Å². The molecule has 0 amide bonds. The Hall–Kier alpha value is -4.88. The van der Waals surface area contributed by atoms with E-state index in [0.29, 0.717) is 11.8 Å². The second-order valence-electron chi connectivity index (χ2n) is 17.0. The fraction of sp³-hybridized carbons (Fsp3) is 0.368. The molecule has 0 radical (unpaired) electrons. The van der Waals surface area contributed by atoms with Gasteiger partial charge in [0.2, 0.25) is 0 Å². The predicted octanol–water partition coefficient (Wildman–Crippen LogP) is 16.8. The van der Waals surface area contributed by atoms with E-state index in [0.717, 1.165) is 6.42 Å². The van der Waals surface area contributed by atoms with Crippen LogP contribution < -0.4 is 0 Å². The van der Waals surface area contributed by atoms with Gasteiger partial charge in [-0.1, -0.05) is 182 Å². The summed E-state index contributed by atoms with van der Waals surface area (Å²) in [7, 11) is 2.25. The van der Waals surface area contributed by atoms with Gasteiger partial charge >= 0.3 is 0 Å². The number of aryl methyl sites for hydroxylation is 6. The van der Waals surface area contributed by atoms with E-state index >= 15 is 0 Å². The summed E-state index contributed by atoms with van der Waals surface area (Å²) in [6.07, 6.45) is 6.14. The zero-order valence-corrected chi connectivity index (χ0v) is 38.3. The molecule has 58 heavy (non-hydrogen) atoms. The first-order chi connectivity index (χ1) is 27.8. The largest absolute Gasteiger partial charge is 0.344 e. The fourth-order valence-corrected chi connectivity index (χ4v) is 8.36. The Morgan fingerprint density at radius 2 is 1.00 bits per heavy atom. The summed E-state index contributed by atoms with van der Waals surface area (Å²) in [6.45, 7) is 27.0. The van der Waals surface area contributed by atoms with Gasteiger partial charge in [0.15, 0.2) is 0 Å². The molecule has 1 nitrogen and oxygen atoms in total. The summed E-state index contributed by atoms with van der Waals surface area (Å²) in [6, 6.07) is 48.6. The number of aromatic nitrogens is 1. The lowest BCUT2D eigenvalue weighted by atomic mass is 9.74. The van der Waals surface area contributed by atoms with E-state index in [1.165, 1.54) is 103 Å². The van der Waals surface area contributed by atoms with E-state index in [2.05, 4.69) is 210 Å². The molecule has 0 aliphatic heterocycles. The van der Waals surface area contributed by atoms with Gasteiger partial charge < -0.3 is 4.57 Å². The molecule has 0 fully saturated rings. The third-order valence-corrected chi connectivity index (χ3v) is 12.2. The molecule has 0 N–H and O–H groups in total. The van der Waals surface area contributed by atoms with Crippen LogP contribution in [0.5, 0.6) is 0 Å². The second-order valence-corrected chi connectivity index (χ2v) is 17.0. The lowest BCUT2D eigenvalue weighted by molar-refractivity contribution is 0.632. The number of unbranched alkanes of at least 4 members (excludes halogenated alkanes) is 1. The molecule has 0 saturated carbocycles. The van der Waals surface area contributed by atoms with Crippen molar-refractivity contribution in [1.82, 2.24) is 4.57 Å². The maximum Gasteiger partial charge on any atom is 0.0491 e. The third kappa shape index (κ3) is 11.2. The average molecular weight is 772 g/mol. The van der Waals surface area contributed by atoms with Gasteiger partial charge in [0, 0.05) is 40.2 Å². The van der Waals surface area contributed by atoms with Gasteiger partial charge in [-0.25, -0.2) is 0 Å². The fourth-order valence-electron chi connectivity index (χ4n) is 8.36.